The van der Waals surface area contributed by atoms with Crippen molar-refractivity contribution in [3.8, 4) is 0 Å². The van der Waals surface area contributed by atoms with Gasteiger partial charge in [0.05, 0.1) is 5.56 Å². The van der Waals surface area contributed by atoms with Crippen molar-refractivity contribution in [3.05, 3.63) is 33.8 Å². The topological polar surface area (TPSA) is 32.3 Å². The third-order valence-corrected chi connectivity index (χ3v) is 5.21. The van der Waals surface area contributed by atoms with Crippen LogP contribution in [0, 0.1) is 11.6 Å². The van der Waals surface area contributed by atoms with E-state index in [1.54, 1.807) is 11.9 Å². The van der Waals surface area contributed by atoms with Gasteiger partial charge in [0.15, 0.2) is 11.6 Å². The summed E-state index contributed by atoms with van der Waals surface area (Å²) in [6.07, 6.45) is 4.14. The predicted octanol–water partition coefficient (Wildman–Crippen LogP) is 3.50. The molecule has 2 bridgehead atoms. The average Bonchev–Trinajstić information content (AvgIpc) is 2.79. The number of halogens is 4. The quantitative estimate of drug-likeness (QED) is 0.777. The number of rotatable bonds is 2. The van der Waals surface area contributed by atoms with E-state index in [-0.39, 0.29) is 34.4 Å². The van der Waals surface area contributed by atoms with Gasteiger partial charge in [-0.2, -0.15) is 0 Å². The minimum absolute atomic E-state index is 0. The van der Waals surface area contributed by atoms with Crippen LogP contribution in [0.25, 0.3) is 0 Å². The molecule has 122 valence electrons. The Morgan fingerprint density at radius 2 is 1.77 bits per heavy atom. The van der Waals surface area contributed by atoms with Gasteiger partial charge in [0.2, 0.25) is 0 Å². The lowest BCUT2D eigenvalue weighted by Gasteiger charge is -2.35. The number of nitrogens with zero attached hydrogens (tertiary/aromatic N) is 1. The molecule has 2 unspecified atom stereocenters. The van der Waals surface area contributed by atoms with Crippen LogP contribution in [0.3, 0.4) is 0 Å². The van der Waals surface area contributed by atoms with Crippen molar-refractivity contribution in [2.45, 2.75) is 43.8 Å². The summed E-state index contributed by atoms with van der Waals surface area (Å²) in [6.45, 7) is 0. The fourth-order valence-corrected chi connectivity index (χ4v) is 3.87. The number of hydrogen-bond acceptors (Lipinski definition) is 2. The van der Waals surface area contributed by atoms with Crippen molar-refractivity contribution in [1.29, 1.82) is 0 Å². The molecule has 0 saturated carbocycles. The molecular weight excluding hydrogens is 378 g/mol. The second-order valence-electron chi connectivity index (χ2n) is 5.93. The van der Waals surface area contributed by atoms with Gasteiger partial charge in [-0.25, -0.2) is 8.78 Å². The summed E-state index contributed by atoms with van der Waals surface area (Å²) >= 11 is 3.14. The van der Waals surface area contributed by atoms with Gasteiger partial charge in [-0.05, 0) is 53.7 Å². The van der Waals surface area contributed by atoms with Gasteiger partial charge in [0.25, 0.3) is 5.91 Å². The highest BCUT2D eigenvalue weighted by molar-refractivity contribution is 9.10. The lowest BCUT2D eigenvalue weighted by molar-refractivity contribution is 0.0680. The van der Waals surface area contributed by atoms with Crippen LogP contribution in [0.2, 0.25) is 0 Å². The molecule has 3 nitrogen and oxygen atoms in total. The van der Waals surface area contributed by atoms with Crippen LogP contribution < -0.4 is 5.32 Å². The number of amides is 1. The van der Waals surface area contributed by atoms with Crippen LogP contribution in [0.15, 0.2) is 16.6 Å². The van der Waals surface area contributed by atoms with Gasteiger partial charge in [-0.1, -0.05) is 0 Å². The Hall–Kier alpha value is -0.720. The van der Waals surface area contributed by atoms with E-state index in [4.69, 9.17) is 0 Å². The minimum Gasteiger partial charge on any atom is -0.339 e. The minimum atomic E-state index is -1.000. The standard InChI is InChI=1S/C15H17BrF2N2O.ClH/c1-20(10-4-8-2-3-9(5-10)19-8)15(21)11-6-13(17)14(18)7-12(11)16;/h6-10,19H,2-5H2,1H3;1H. The molecule has 0 spiro atoms. The van der Waals surface area contributed by atoms with Crippen molar-refractivity contribution in [2.75, 3.05) is 7.05 Å². The van der Waals surface area contributed by atoms with E-state index in [9.17, 15) is 13.6 Å². The number of hydrogen-bond donors (Lipinski definition) is 1. The number of carbonyl (C=O) groups excluding carboxylic acids is 1. The molecule has 3 rings (SSSR count). The first kappa shape index (κ1) is 17.6. The van der Waals surface area contributed by atoms with Crippen LogP contribution in [-0.4, -0.2) is 36.0 Å². The van der Waals surface area contributed by atoms with Gasteiger partial charge in [0, 0.05) is 29.6 Å². The first-order valence-corrected chi connectivity index (χ1v) is 7.92. The summed E-state index contributed by atoms with van der Waals surface area (Å²) in [7, 11) is 1.74. The maximum atomic E-state index is 13.4. The highest BCUT2D eigenvalue weighted by Gasteiger charge is 2.36. The van der Waals surface area contributed by atoms with Crippen LogP contribution in [0.4, 0.5) is 8.78 Å². The number of carbonyl (C=O) groups is 1. The lowest BCUT2D eigenvalue weighted by atomic mass is 9.98. The zero-order valence-corrected chi connectivity index (χ0v) is 14.5. The van der Waals surface area contributed by atoms with Gasteiger partial charge in [-0.15, -0.1) is 12.4 Å². The van der Waals surface area contributed by atoms with E-state index >= 15 is 0 Å². The second-order valence-corrected chi connectivity index (χ2v) is 6.78. The molecule has 7 heteroatoms. The molecule has 0 aliphatic carbocycles. The Labute approximate surface area is 143 Å². The maximum absolute atomic E-state index is 13.4. The van der Waals surface area contributed by atoms with E-state index in [1.165, 1.54) is 0 Å². The molecule has 1 N–H and O–H groups in total. The highest BCUT2D eigenvalue weighted by Crippen LogP contribution is 2.31. The third kappa shape index (κ3) is 3.29. The SMILES string of the molecule is CN(C(=O)c1cc(F)c(F)cc1Br)C1CC2CCC(C1)N2.Cl. The molecule has 2 aliphatic heterocycles. The molecule has 22 heavy (non-hydrogen) atoms. The van der Waals surface area contributed by atoms with E-state index < -0.39 is 11.6 Å². The Bertz CT molecular complexity index is 575. The molecule has 2 heterocycles. The first-order valence-electron chi connectivity index (χ1n) is 7.13. The Morgan fingerprint density at radius 1 is 1.23 bits per heavy atom. The zero-order valence-electron chi connectivity index (χ0n) is 12.1. The fraction of sp³-hybridized carbons (Fsp3) is 0.533. The molecule has 0 aromatic heterocycles. The molecule has 1 amide bonds. The van der Waals surface area contributed by atoms with Gasteiger partial charge < -0.3 is 10.2 Å². The largest absolute Gasteiger partial charge is 0.339 e. The lowest BCUT2D eigenvalue weighted by Crippen LogP contribution is -2.48. The number of fused-ring (bicyclic) bond motifs is 2. The molecule has 2 aliphatic rings. The second kappa shape index (κ2) is 6.81. The summed E-state index contributed by atoms with van der Waals surface area (Å²) in [5.41, 5.74) is 0.169. The molecule has 2 saturated heterocycles. The van der Waals surface area contributed by atoms with E-state index in [2.05, 4.69) is 21.2 Å². The molecule has 2 atom stereocenters. The van der Waals surface area contributed by atoms with Crippen LogP contribution in [-0.2, 0) is 0 Å². The summed E-state index contributed by atoms with van der Waals surface area (Å²) < 4.78 is 26.8. The van der Waals surface area contributed by atoms with Gasteiger partial charge in [0.1, 0.15) is 0 Å². The molecular formula is C15H18BrClF2N2O. The molecule has 1 aromatic rings. The molecule has 0 radical (unpaired) electrons. The fourth-order valence-electron chi connectivity index (χ4n) is 3.39. The van der Waals surface area contributed by atoms with Crippen molar-refractivity contribution in [1.82, 2.24) is 10.2 Å². The summed E-state index contributed by atoms with van der Waals surface area (Å²) in [6, 6.07) is 3.06. The summed E-state index contributed by atoms with van der Waals surface area (Å²) in [4.78, 5) is 14.2. The van der Waals surface area contributed by atoms with Crippen molar-refractivity contribution < 1.29 is 13.6 Å². The number of benzene rings is 1. The van der Waals surface area contributed by atoms with Crippen LogP contribution in [0.1, 0.15) is 36.0 Å². The average molecular weight is 396 g/mol. The van der Waals surface area contributed by atoms with E-state index in [1.807, 2.05) is 0 Å². The molecule has 1 aromatic carbocycles. The summed E-state index contributed by atoms with van der Waals surface area (Å²) in [5, 5.41) is 3.52. The van der Waals surface area contributed by atoms with Crippen molar-refractivity contribution >= 4 is 34.2 Å². The first-order chi connectivity index (χ1) is 9.95. The van der Waals surface area contributed by atoms with Crippen molar-refractivity contribution in [3.63, 3.8) is 0 Å². The predicted molar refractivity (Wildman–Crippen MR) is 86.4 cm³/mol. The van der Waals surface area contributed by atoms with Crippen LogP contribution in [0.5, 0.6) is 0 Å². The van der Waals surface area contributed by atoms with Gasteiger partial charge in [-0.3, -0.25) is 4.79 Å². The highest BCUT2D eigenvalue weighted by atomic mass is 79.9. The maximum Gasteiger partial charge on any atom is 0.255 e. The van der Waals surface area contributed by atoms with Crippen LogP contribution >= 0.6 is 28.3 Å². The van der Waals surface area contributed by atoms with E-state index in [0.717, 1.165) is 37.8 Å². The number of piperidine rings is 1. The van der Waals surface area contributed by atoms with Gasteiger partial charge >= 0.3 is 0 Å². The van der Waals surface area contributed by atoms with Crippen molar-refractivity contribution in [2.24, 2.45) is 0 Å². The summed E-state index contributed by atoms with van der Waals surface area (Å²) in [5.74, 6) is -2.23. The molecule has 2 fully saturated rings. The Kier molecular flexibility index (Phi) is 5.45. The smallest absolute Gasteiger partial charge is 0.255 e. The Morgan fingerprint density at radius 3 is 2.36 bits per heavy atom. The Balaban J connectivity index is 0.00000176. The third-order valence-electron chi connectivity index (χ3n) is 4.56. The normalized spacial score (nSPS) is 26.5. The zero-order chi connectivity index (χ0) is 15.1. The van der Waals surface area contributed by atoms with E-state index in [0.29, 0.717) is 12.1 Å². The number of nitrogens with one attached hydrogen (secondary N) is 1. The monoisotopic (exact) mass is 394 g/mol.